The summed E-state index contributed by atoms with van der Waals surface area (Å²) >= 11 is 1.61. The van der Waals surface area contributed by atoms with Crippen LogP contribution in [0.4, 0.5) is 0 Å². The number of para-hydroxylation sites is 1. The van der Waals surface area contributed by atoms with Crippen LogP contribution in [0.1, 0.15) is 12.5 Å². The summed E-state index contributed by atoms with van der Waals surface area (Å²) in [4.78, 5) is 8.76. The van der Waals surface area contributed by atoms with Gasteiger partial charge in [-0.05, 0) is 13.0 Å². The Labute approximate surface area is 149 Å². The summed E-state index contributed by atoms with van der Waals surface area (Å²) in [5.41, 5.74) is 4.36. The topological polar surface area (TPSA) is 45.4 Å². The van der Waals surface area contributed by atoms with Crippen LogP contribution in [0, 0.1) is 0 Å². The van der Waals surface area contributed by atoms with Crippen LogP contribution >= 0.6 is 11.3 Å². The molecule has 25 heavy (non-hydrogen) atoms. The minimum atomic E-state index is 0.733. The van der Waals surface area contributed by atoms with Crippen LogP contribution in [-0.2, 0) is 0 Å². The average molecular weight is 346 g/mol. The van der Waals surface area contributed by atoms with Gasteiger partial charge in [0.1, 0.15) is 0 Å². The van der Waals surface area contributed by atoms with Crippen LogP contribution in [0.2, 0.25) is 0 Å². The smallest absolute Gasteiger partial charge is 0.206 e. The van der Waals surface area contributed by atoms with E-state index in [2.05, 4.69) is 39.6 Å². The van der Waals surface area contributed by atoms with E-state index in [9.17, 15) is 0 Å². The van der Waals surface area contributed by atoms with Crippen molar-refractivity contribution in [2.45, 2.75) is 6.92 Å². The van der Waals surface area contributed by atoms with Crippen LogP contribution in [0.25, 0.3) is 22.2 Å². The monoisotopic (exact) mass is 346 g/mol. The summed E-state index contributed by atoms with van der Waals surface area (Å²) in [6, 6.07) is 18.5. The minimum Gasteiger partial charge on any atom is -0.361 e. The molecule has 5 heteroatoms. The lowest BCUT2D eigenvalue weighted by Gasteiger charge is -2.03. The average Bonchev–Trinajstić information content (AvgIpc) is 3.25. The number of nitrogens with zero attached hydrogens (tertiary/aromatic N) is 3. The number of fused-ring (bicyclic) bond motifs is 1. The molecule has 0 aliphatic carbocycles. The number of aromatic amines is 1. The third-order valence-electron chi connectivity index (χ3n) is 3.98. The van der Waals surface area contributed by atoms with E-state index in [0.717, 1.165) is 39.1 Å². The lowest BCUT2D eigenvalue weighted by molar-refractivity contribution is 0.833. The summed E-state index contributed by atoms with van der Waals surface area (Å²) in [5.74, 6) is 0. The van der Waals surface area contributed by atoms with Crippen LogP contribution in [0.15, 0.2) is 76.3 Å². The first-order valence-corrected chi connectivity index (χ1v) is 9.11. The van der Waals surface area contributed by atoms with Gasteiger partial charge in [-0.15, -0.1) is 11.3 Å². The highest BCUT2D eigenvalue weighted by atomic mass is 32.1. The van der Waals surface area contributed by atoms with Gasteiger partial charge in [0.05, 0.1) is 11.9 Å². The number of H-pyrrole nitrogens is 1. The molecular weight excluding hydrogens is 328 g/mol. The second-order valence-corrected chi connectivity index (χ2v) is 6.43. The van der Waals surface area contributed by atoms with E-state index >= 15 is 0 Å². The Hall–Kier alpha value is -2.92. The molecule has 124 valence electrons. The minimum absolute atomic E-state index is 0.733. The summed E-state index contributed by atoms with van der Waals surface area (Å²) in [6.45, 7) is 2.77. The fourth-order valence-electron chi connectivity index (χ4n) is 2.78. The molecule has 2 aromatic carbocycles. The summed E-state index contributed by atoms with van der Waals surface area (Å²) in [5, 5.41) is 8.01. The van der Waals surface area contributed by atoms with Crippen LogP contribution < -0.4 is 4.80 Å². The molecule has 0 radical (unpaired) electrons. The van der Waals surface area contributed by atoms with Crippen molar-refractivity contribution in [1.82, 2.24) is 9.66 Å². The van der Waals surface area contributed by atoms with Gasteiger partial charge in [-0.1, -0.05) is 48.5 Å². The second-order valence-electron chi connectivity index (χ2n) is 5.59. The van der Waals surface area contributed by atoms with Crippen molar-refractivity contribution in [3.63, 3.8) is 0 Å². The number of aromatic nitrogens is 2. The first-order chi connectivity index (χ1) is 12.4. The molecule has 0 amide bonds. The first kappa shape index (κ1) is 15.6. The van der Waals surface area contributed by atoms with Gasteiger partial charge in [0.25, 0.3) is 0 Å². The maximum atomic E-state index is 4.74. The molecule has 2 heterocycles. The molecule has 0 bridgehead atoms. The molecule has 0 saturated heterocycles. The number of hydrogen-bond acceptors (Lipinski definition) is 3. The zero-order valence-corrected chi connectivity index (χ0v) is 14.7. The SMILES string of the molecule is CCN=c1scc(-c2ccccc2)n1N=Cc1c[nH]c2ccccc12. The molecule has 0 unspecified atom stereocenters. The highest BCUT2D eigenvalue weighted by Crippen LogP contribution is 2.20. The van der Waals surface area contributed by atoms with Crippen molar-refractivity contribution in [3.05, 3.63) is 76.5 Å². The molecule has 0 aliphatic heterocycles. The summed E-state index contributed by atoms with van der Waals surface area (Å²) in [6.07, 6.45) is 3.88. The van der Waals surface area contributed by atoms with Crippen LogP contribution in [0.5, 0.6) is 0 Å². The maximum Gasteiger partial charge on any atom is 0.206 e. The largest absolute Gasteiger partial charge is 0.361 e. The lowest BCUT2D eigenvalue weighted by Crippen LogP contribution is -2.12. The predicted molar refractivity (Wildman–Crippen MR) is 105 cm³/mol. The maximum absolute atomic E-state index is 4.74. The van der Waals surface area contributed by atoms with Gasteiger partial charge < -0.3 is 4.98 Å². The fourth-order valence-corrected chi connectivity index (χ4v) is 3.68. The van der Waals surface area contributed by atoms with Crippen molar-refractivity contribution >= 4 is 28.5 Å². The molecule has 0 fully saturated rings. The van der Waals surface area contributed by atoms with E-state index < -0.39 is 0 Å². The molecule has 4 nitrogen and oxygen atoms in total. The Morgan fingerprint density at radius 1 is 1.08 bits per heavy atom. The van der Waals surface area contributed by atoms with Crippen LogP contribution in [-0.4, -0.2) is 22.4 Å². The Kier molecular flexibility index (Phi) is 4.31. The van der Waals surface area contributed by atoms with Gasteiger partial charge in [0.15, 0.2) is 0 Å². The molecule has 0 aliphatic rings. The van der Waals surface area contributed by atoms with E-state index in [1.807, 2.05) is 54.3 Å². The van der Waals surface area contributed by atoms with E-state index in [0.29, 0.717) is 0 Å². The molecular formula is C20H18N4S. The van der Waals surface area contributed by atoms with Gasteiger partial charge in [-0.3, -0.25) is 4.99 Å². The number of thiazole rings is 1. The second kappa shape index (κ2) is 6.91. The van der Waals surface area contributed by atoms with Crippen molar-refractivity contribution < 1.29 is 0 Å². The van der Waals surface area contributed by atoms with Crippen molar-refractivity contribution in [2.24, 2.45) is 10.1 Å². The quantitative estimate of drug-likeness (QED) is 0.529. The molecule has 0 atom stereocenters. The first-order valence-electron chi connectivity index (χ1n) is 8.23. The van der Waals surface area contributed by atoms with Gasteiger partial charge in [-0.2, -0.15) is 5.10 Å². The number of rotatable bonds is 4. The third kappa shape index (κ3) is 3.06. The van der Waals surface area contributed by atoms with Crippen molar-refractivity contribution in [1.29, 1.82) is 0 Å². The van der Waals surface area contributed by atoms with Gasteiger partial charge >= 0.3 is 0 Å². The lowest BCUT2D eigenvalue weighted by atomic mass is 10.2. The van der Waals surface area contributed by atoms with E-state index in [1.54, 1.807) is 11.3 Å². The number of hydrogen-bond donors (Lipinski definition) is 1. The summed E-state index contributed by atoms with van der Waals surface area (Å²) < 4.78 is 1.92. The highest BCUT2D eigenvalue weighted by Gasteiger charge is 2.07. The van der Waals surface area contributed by atoms with Crippen molar-refractivity contribution in [2.75, 3.05) is 6.54 Å². The Bertz CT molecular complexity index is 1080. The third-order valence-corrected chi connectivity index (χ3v) is 4.84. The number of nitrogens with one attached hydrogen (secondary N) is 1. The highest BCUT2D eigenvalue weighted by molar-refractivity contribution is 7.07. The van der Waals surface area contributed by atoms with Crippen molar-refractivity contribution in [3.8, 4) is 11.3 Å². The summed E-state index contributed by atoms with van der Waals surface area (Å²) in [7, 11) is 0. The predicted octanol–water partition coefficient (Wildman–Crippen LogP) is 4.50. The molecule has 4 rings (SSSR count). The zero-order valence-electron chi connectivity index (χ0n) is 13.9. The molecule has 0 saturated carbocycles. The van der Waals surface area contributed by atoms with E-state index in [1.165, 1.54) is 0 Å². The van der Waals surface area contributed by atoms with Crippen LogP contribution in [0.3, 0.4) is 0 Å². The van der Waals surface area contributed by atoms with Gasteiger partial charge in [-0.25, -0.2) is 4.68 Å². The van der Waals surface area contributed by atoms with E-state index in [-0.39, 0.29) is 0 Å². The zero-order chi connectivity index (χ0) is 17.1. The number of benzene rings is 2. The standard InChI is InChI=1S/C20H18N4S/c1-2-21-20-24(19(14-25-20)15-8-4-3-5-9-15)23-13-16-12-22-18-11-7-6-10-17(16)18/h3-14,22H,2H2,1H3. The van der Waals surface area contributed by atoms with Gasteiger partial charge in [0.2, 0.25) is 4.80 Å². The normalized spacial score (nSPS) is 12.4. The molecule has 4 aromatic rings. The Morgan fingerprint density at radius 3 is 2.72 bits per heavy atom. The molecule has 1 N–H and O–H groups in total. The van der Waals surface area contributed by atoms with E-state index in [4.69, 9.17) is 5.10 Å². The Balaban J connectivity index is 1.81. The fraction of sp³-hybridized carbons (Fsp3) is 0.100. The molecule has 2 aromatic heterocycles. The van der Waals surface area contributed by atoms with Gasteiger partial charge in [0, 0.05) is 40.2 Å². The molecule has 0 spiro atoms. The Morgan fingerprint density at radius 2 is 1.88 bits per heavy atom.